The number of hydrogen-bond donors (Lipinski definition) is 3. The smallest absolute Gasteiger partial charge is 0.305 e. The number of aliphatic hydroxyl groups is 2. The van der Waals surface area contributed by atoms with Gasteiger partial charge in [-0.3, -0.25) is 9.59 Å². The first-order valence-corrected chi connectivity index (χ1v) is 41.1. The van der Waals surface area contributed by atoms with Crippen molar-refractivity contribution in [2.45, 2.75) is 482 Å². The molecule has 6 heteroatoms. The zero-order valence-electron chi connectivity index (χ0n) is 60.7. The highest BCUT2D eigenvalue weighted by Gasteiger charge is 2.18. The Hall–Kier alpha value is -1.66. The number of unbranched alkanes of at least 4 members (excludes halogenated alkanes) is 65. The summed E-state index contributed by atoms with van der Waals surface area (Å²) in [5.74, 6) is -0.0365. The van der Waals surface area contributed by atoms with Gasteiger partial charge in [-0.2, -0.15) is 0 Å². The Morgan fingerprint density at radius 2 is 0.528 bits per heavy atom. The molecule has 0 aromatic heterocycles. The highest BCUT2D eigenvalue weighted by atomic mass is 16.5. The lowest BCUT2D eigenvalue weighted by atomic mass is 10.0. The van der Waals surface area contributed by atoms with Crippen molar-refractivity contribution in [1.29, 1.82) is 0 Å². The molecule has 6 nitrogen and oxygen atoms in total. The maximum absolute atomic E-state index is 12.6. The van der Waals surface area contributed by atoms with E-state index in [0.29, 0.717) is 19.4 Å². The molecule has 0 aliphatic rings. The average Bonchev–Trinajstić information content (AvgIpc) is 3.57. The lowest BCUT2D eigenvalue weighted by Crippen LogP contribution is -2.45. The maximum atomic E-state index is 12.6. The van der Waals surface area contributed by atoms with Crippen molar-refractivity contribution in [2.24, 2.45) is 0 Å². The predicted octanol–water partition coefficient (Wildman–Crippen LogP) is 27.2. The Labute approximate surface area is 558 Å². The second-order valence-corrected chi connectivity index (χ2v) is 28.5. The van der Waals surface area contributed by atoms with Crippen LogP contribution in [0.1, 0.15) is 470 Å². The number of aliphatic hydroxyl groups excluding tert-OH is 2. The first-order chi connectivity index (χ1) is 44.0. The molecule has 0 fully saturated rings. The molecular formula is C83H161NO5. The van der Waals surface area contributed by atoms with E-state index in [4.69, 9.17) is 4.74 Å². The number of carbonyl (C=O) groups is 2. The highest BCUT2D eigenvalue weighted by molar-refractivity contribution is 5.76. The lowest BCUT2D eigenvalue weighted by Gasteiger charge is -2.20. The third-order valence-corrected chi connectivity index (χ3v) is 19.5. The van der Waals surface area contributed by atoms with Crippen LogP contribution in [0.15, 0.2) is 24.3 Å². The molecule has 0 saturated heterocycles. The first-order valence-electron chi connectivity index (χ1n) is 41.1. The molecule has 0 bridgehead atoms. The summed E-state index contributed by atoms with van der Waals surface area (Å²) in [6.07, 6.45) is 102. The molecule has 2 unspecified atom stereocenters. The summed E-state index contributed by atoms with van der Waals surface area (Å²) in [5.41, 5.74) is 0. The van der Waals surface area contributed by atoms with E-state index >= 15 is 0 Å². The Balaban J connectivity index is 3.36. The number of esters is 1. The van der Waals surface area contributed by atoms with E-state index < -0.39 is 12.1 Å². The maximum Gasteiger partial charge on any atom is 0.305 e. The number of allylic oxidation sites excluding steroid dienone is 3. The number of nitrogens with one attached hydrogen (secondary N) is 1. The van der Waals surface area contributed by atoms with Crippen molar-refractivity contribution >= 4 is 11.9 Å². The first kappa shape index (κ1) is 87.3. The summed E-state index contributed by atoms with van der Waals surface area (Å²) >= 11 is 0. The Kier molecular flexibility index (Phi) is 77.3. The molecule has 89 heavy (non-hydrogen) atoms. The summed E-state index contributed by atoms with van der Waals surface area (Å²) in [7, 11) is 0. The average molecular weight is 1250 g/mol. The van der Waals surface area contributed by atoms with E-state index in [-0.39, 0.29) is 18.5 Å². The minimum atomic E-state index is -0.844. The fourth-order valence-electron chi connectivity index (χ4n) is 13.2. The van der Waals surface area contributed by atoms with Crippen LogP contribution in [0.25, 0.3) is 0 Å². The molecule has 3 N–H and O–H groups in total. The van der Waals surface area contributed by atoms with Crippen LogP contribution in [0, 0.1) is 0 Å². The van der Waals surface area contributed by atoms with Crippen molar-refractivity contribution in [1.82, 2.24) is 5.32 Å². The van der Waals surface area contributed by atoms with Gasteiger partial charge in [0, 0.05) is 12.8 Å². The molecule has 0 aliphatic heterocycles. The van der Waals surface area contributed by atoms with Crippen LogP contribution in [-0.2, 0) is 14.3 Å². The fourth-order valence-corrected chi connectivity index (χ4v) is 13.2. The molecule has 0 saturated carbocycles. The van der Waals surface area contributed by atoms with Crippen LogP contribution in [0.5, 0.6) is 0 Å². The lowest BCUT2D eigenvalue weighted by molar-refractivity contribution is -0.143. The molecule has 528 valence electrons. The number of amides is 1. The number of hydrogen-bond acceptors (Lipinski definition) is 5. The van der Waals surface area contributed by atoms with Crippen LogP contribution in [0.3, 0.4) is 0 Å². The van der Waals surface area contributed by atoms with E-state index in [1.165, 1.54) is 405 Å². The van der Waals surface area contributed by atoms with Gasteiger partial charge in [-0.1, -0.05) is 423 Å². The van der Waals surface area contributed by atoms with E-state index in [2.05, 4.69) is 31.3 Å². The number of carbonyl (C=O) groups excluding carboxylic acids is 2. The normalized spacial score (nSPS) is 12.5. The van der Waals surface area contributed by atoms with Crippen molar-refractivity contribution in [3.63, 3.8) is 0 Å². The van der Waals surface area contributed by atoms with Gasteiger partial charge in [-0.15, -0.1) is 0 Å². The van der Waals surface area contributed by atoms with Crippen LogP contribution in [-0.4, -0.2) is 47.4 Å². The number of ether oxygens (including phenoxy) is 1. The molecular weight excluding hydrogens is 1090 g/mol. The van der Waals surface area contributed by atoms with Crippen LogP contribution in [0.2, 0.25) is 0 Å². The Morgan fingerprint density at radius 1 is 0.303 bits per heavy atom. The summed E-state index contributed by atoms with van der Waals surface area (Å²) in [5, 5.41) is 23.3. The van der Waals surface area contributed by atoms with Crippen LogP contribution in [0.4, 0.5) is 0 Å². The third kappa shape index (κ3) is 75.3. The SMILES string of the molecule is CCCCCCCCCCCCCCCCCCCCCCC/C=C/C(O)C(CO)NC(=O)CCCCCCCCCCCCCCCCCCC/C=C\CCCCCCCCCCCCCCOC(=O)CCCCCCCCCCCCCCCCCC. The van der Waals surface area contributed by atoms with Crippen molar-refractivity contribution in [2.75, 3.05) is 13.2 Å². The monoisotopic (exact) mass is 1250 g/mol. The van der Waals surface area contributed by atoms with Gasteiger partial charge >= 0.3 is 5.97 Å². The minimum absolute atomic E-state index is 0.0230. The van der Waals surface area contributed by atoms with Gasteiger partial charge in [-0.05, 0) is 57.8 Å². The van der Waals surface area contributed by atoms with Gasteiger partial charge in [-0.25, -0.2) is 0 Å². The van der Waals surface area contributed by atoms with E-state index in [9.17, 15) is 19.8 Å². The van der Waals surface area contributed by atoms with Gasteiger partial charge in [0.25, 0.3) is 0 Å². The second kappa shape index (κ2) is 78.8. The predicted molar refractivity (Wildman–Crippen MR) is 393 cm³/mol. The third-order valence-electron chi connectivity index (χ3n) is 19.5. The molecule has 0 spiro atoms. The minimum Gasteiger partial charge on any atom is -0.466 e. The Bertz CT molecular complexity index is 1400. The molecule has 0 aliphatic carbocycles. The zero-order chi connectivity index (χ0) is 64.2. The molecule has 2 atom stereocenters. The van der Waals surface area contributed by atoms with Gasteiger partial charge in [0.15, 0.2) is 0 Å². The van der Waals surface area contributed by atoms with Gasteiger partial charge in [0.2, 0.25) is 5.91 Å². The molecule has 1 amide bonds. The quantitative estimate of drug-likeness (QED) is 0.0320. The van der Waals surface area contributed by atoms with Crippen LogP contribution < -0.4 is 5.32 Å². The second-order valence-electron chi connectivity index (χ2n) is 28.5. The topological polar surface area (TPSA) is 95.9 Å². The van der Waals surface area contributed by atoms with Crippen molar-refractivity contribution < 1.29 is 24.5 Å². The zero-order valence-corrected chi connectivity index (χ0v) is 60.7. The summed E-state index contributed by atoms with van der Waals surface area (Å²) in [6, 6.07) is -0.627. The van der Waals surface area contributed by atoms with Gasteiger partial charge in [0.05, 0.1) is 25.4 Å². The summed E-state index contributed by atoms with van der Waals surface area (Å²) in [4.78, 5) is 24.7. The van der Waals surface area contributed by atoms with Gasteiger partial charge < -0.3 is 20.3 Å². The molecule has 0 aromatic carbocycles. The molecule has 0 heterocycles. The molecule has 0 aromatic rings. The Morgan fingerprint density at radius 3 is 0.798 bits per heavy atom. The van der Waals surface area contributed by atoms with E-state index in [1.54, 1.807) is 6.08 Å². The van der Waals surface area contributed by atoms with E-state index in [1.807, 2.05) is 6.08 Å². The summed E-state index contributed by atoms with van der Waals surface area (Å²) < 4.78 is 5.51. The van der Waals surface area contributed by atoms with E-state index in [0.717, 1.165) is 38.5 Å². The standard InChI is InChI=1S/C83H161NO5/c1-3-5-7-9-11-13-15-17-19-21-22-23-35-38-41-44-47-51-55-59-63-67-71-75-81(86)80(79-85)84-82(87)76-72-68-64-60-56-52-48-45-42-39-36-33-31-29-27-25-24-26-28-30-32-34-37-40-43-46-50-54-58-62-66-70-74-78-89-83(88)77-73-69-65-61-57-53-49-20-18-16-14-12-10-8-6-4-2/h28,30,71,75,80-81,85-86H,3-27,29,31-70,72-74,76-79H2,1-2H3,(H,84,87)/b30-28-,75-71+. The van der Waals surface area contributed by atoms with Crippen LogP contribution >= 0.6 is 0 Å². The van der Waals surface area contributed by atoms with Crippen molar-refractivity contribution in [3.05, 3.63) is 24.3 Å². The summed E-state index contributed by atoms with van der Waals surface area (Å²) in [6.45, 7) is 4.97. The van der Waals surface area contributed by atoms with Crippen molar-refractivity contribution in [3.8, 4) is 0 Å². The number of rotatable bonds is 78. The molecule has 0 rings (SSSR count). The molecule has 0 radical (unpaired) electrons. The van der Waals surface area contributed by atoms with Gasteiger partial charge in [0.1, 0.15) is 0 Å². The largest absolute Gasteiger partial charge is 0.466 e. The fraction of sp³-hybridized carbons (Fsp3) is 0.928. The highest BCUT2D eigenvalue weighted by Crippen LogP contribution is 2.20.